The molecule has 2 nitrogen and oxygen atoms in total. The van der Waals surface area contributed by atoms with Gasteiger partial charge in [-0.25, -0.2) is 0 Å². The number of hydrogen-bond donors (Lipinski definition) is 1. The van der Waals surface area contributed by atoms with Gasteiger partial charge in [-0.1, -0.05) is 24.0 Å². The van der Waals surface area contributed by atoms with Crippen LogP contribution in [0.3, 0.4) is 0 Å². The number of ether oxygens (including phenoxy) is 1. The lowest BCUT2D eigenvalue weighted by Gasteiger charge is -2.03. The van der Waals surface area contributed by atoms with Crippen molar-refractivity contribution in [2.45, 2.75) is 25.9 Å². The Hall–Kier alpha value is -1.30. The lowest BCUT2D eigenvalue weighted by Crippen LogP contribution is -1.97. The average molecular weight is 230 g/mol. The maximum atomic E-state index is 8.65. The quantitative estimate of drug-likeness (QED) is 0.787. The van der Waals surface area contributed by atoms with Gasteiger partial charge >= 0.3 is 0 Å². The molecule has 0 saturated heterocycles. The summed E-state index contributed by atoms with van der Waals surface area (Å²) >= 11 is 0. The van der Waals surface area contributed by atoms with Gasteiger partial charge in [-0.2, -0.15) is 0 Å². The fourth-order valence-corrected chi connectivity index (χ4v) is 1.59. The van der Waals surface area contributed by atoms with Gasteiger partial charge in [0.15, 0.2) is 0 Å². The zero-order chi connectivity index (χ0) is 11.9. The number of hydrogen-bond acceptors (Lipinski definition) is 2. The summed E-state index contributed by atoms with van der Waals surface area (Å²) in [6.45, 7) is 1.68. The highest BCUT2D eigenvalue weighted by molar-refractivity contribution is 5.36. The Balaban J connectivity index is 1.84. The van der Waals surface area contributed by atoms with Crippen LogP contribution >= 0.6 is 0 Å². The molecular weight excluding hydrogens is 212 g/mol. The van der Waals surface area contributed by atoms with Gasteiger partial charge in [0.25, 0.3) is 0 Å². The smallest absolute Gasteiger partial charge is 0.0717 e. The van der Waals surface area contributed by atoms with Gasteiger partial charge in [-0.3, -0.25) is 0 Å². The second-order valence-corrected chi connectivity index (χ2v) is 4.43. The highest BCUT2D eigenvalue weighted by atomic mass is 16.5. The van der Waals surface area contributed by atoms with Crippen molar-refractivity contribution < 1.29 is 9.84 Å². The molecule has 0 spiro atoms. The van der Waals surface area contributed by atoms with Crippen LogP contribution in [0.4, 0.5) is 0 Å². The number of rotatable bonds is 5. The van der Waals surface area contributed by atoms with Crippen molar-refractivity contribution in [3.63, 3.8) is 0 Å². The molecule has 1 aromatic carbocycles. The minimum atomic E-state index is 0.122. The molecular formula is C15H18O2. The Labute approximate surface area is 103 Å². The molecule has 1 aliphatic carbocycles. The minimum Gasteiger partial charge on any atom is -0.395 e. The van der Waals surface area contributed by atoms with Gasteiger partial charge in [0.1, 0.15) is 0 Å². The molecule has 0 amide bonds. The molecule has 90 valence electrons. The van der Waals surface area contributed by atoms with Gasteiger partial charge in [0.05, 0.1) is 13.2 Å². The van der Waals surface area contributed by atoms with Crippen LogP contribution in [0.1, 0.15) is 30.4 Å². The highest BCUT2D eigenvalue weighted by Crippen LogP contribution is 2.29. The van der Waals surface area contributed by atoms with E-state index < -0.39 is 0 Å². The first-order valence-electron chi connectivity index (χ1n) is 6.15. The van der Waals surface area contributed by atoms with E-state index in [4.69, 9.17) is 9.84 Å². The zero-order valence-electron chi connectivity index (χ0n) is 9.98. The fourth-order valence-electron chi connectivity index (χ4n) is 1.59. The van der Waals surface area contributed by atoms with E-state index in [1.807, 2.05) is 12.1 Å². The molecule has 2 heteroatoms. The first-order chi connectivity index (χ1) is 8.38. The van der Waals surface area contributed by atoms with Gasteiger partial charge in [0, 0.05) is 18.6 Å². The zero-order valence-corrected chi connectivity index (χ0v) is 9.98. The third-order valence-electron chi connectivity index (χ3n) is 2.72. The van der Waals surface area contributed by atoms with E-state index in [1.165, 1.54) is 18.4 Å². The second kappa shape index (κ2) is 6.44. The Morgan fingerprint density at radius 1 is 1.35 bits per heavy atom. The molecule has 0 aliphatic heterocycles. The number of aliphatic hydroxyl groups is 1. The summed E-state index contributed by atoms with van der Waals surface area (Å²) in [4.78, 5) is 0. The second-order valence-electron chi connectivity index (χ2n) is 4.43. The van der Waals surface area contributed by atoms with Crippen molar-refractivity contribution in [2.24, 2.45) is 5.92 Å². The molecule has 0 heterocycles. The fraction of sp³-hybridized carbons (Fsp3) is 0.467. The lowest BCUT2D eigenvalue weighted by atomic mass is 10.1. The molecule has 2 rings (SSSR count). The van der Waals surface area contributed by atoms with Gasteiger partial charge < -0.3 is 9.84 Å². The van der Waals surface area contributed by atoms with Gasteiger partial charge in [-0.15, -0.1) is 0 Å². The molecule has 1 saturated carbocycles. The monoisotopic (exact) mass is 230 g/mol. The van der Waals surface area contributed by atoms with Gasteiger partial charge in [0.2, 0.25) is 0 Å². The van der Waals surface area contributed by atoms with Crippen molar-refractivity contribution in [1.82, 2.24) is 0 Å². The van der Waals surface area contributed by atoms with E-state index in [2.05, 4.69) is 24.0 Å². The van der Waals surface area contributed by atoms with E-state index in [1.54, 1.807) is 0 Å². The highest BCUT2D eigenvalue weighted by Gasteiger charge is 2.20. The van der Waals surface area contributed by atoms with E-state index in [9.17, 15) is 0 Å². The molecule has 1 aliphatic rings. The Morgan fingerprint density at radius 2 is 2.24 bits per heavy atom. The summed E-state index contributed by atoms with van der Waals surface area (Å²) in [7, 11) is 0. The SMILES string of the molecule is OCCC#Cc1cccc(COCC2CC2)c1. The topological polar surface area (TPSA) is 29.5 Å². The Kier molecular flexibility index (Phi) is 4.61. The molecule has 17 heavy (non-hydrogen) atoms. The standard InChI is InChI=1S/C15H18O2/c16-9-2-1-4-13-5-3-6-15(10-13)12-17-11-14-7-8-14/h3,5-6,10,14,16H,2,7-9,11-12H2. The van der Waals surface area contributed by atoms with Crippen LogP contribution in [-0.2, 0) is 11.3 Å². The van der Waals surface area contributed by atoms with E-state index in [-0.39, 0.29) is 6.61 Å². The molecule has 0 unspecified atom stereocenters. The van der Waals surface area contributed by atoms with E-state index in [0.717, 1.165) is 18.1 Å². The molecule has 1 fully saturated rings. The van der Waals surface area contributed by atoms with Crippen LogP contribution in [0.2, 0.25) is 0 Å². The van der Waals surface area contributed by atoms with Crippen LogP contribution in [-0.4, -0.2) is 18.3 Å². The number of aliphatic hydroxyl groups excluding tert-OH is 1. The molecule has 1 N–H and O–H groups in total. The van der Waals surface area contributed by atoms with Crippen LogP contribution in [0.25, 0.3) is 0 Å². The Bertz CT molecular complexity index is 410. The first kappa shape index (κ1) is 12.2. The lowest BCUT2D eigenvalue weighted by molar-refractivity contribution is 0.111. The van der Waals surface area contributed by atoms with Crippen LogP contribution in [0.15, 0.2) is 24.3 Å². The molecule has 0 aromatic heterocycles. The summed E-state index contributed by atoms with van der Waals surface area (Å²) in [5.41, 5.74) is 2.16. The predicted molar refractivity (Wildman–Crippen MR) is 67.4 cm³/mol. The third kappa shape index (κ3) is 4.60. The summed E-state index contributed by atoms with van der Waals surface area (Å²) < 4.78 is 5.64. The maximum Gasteiger partial charge on any atom is 0.0717 e. The van der Waals surface area contributed by atoms with Crippen molar-refractivity contribution >= 4 is 0 Å². The summed E-state index contributed by atoms with van der Waals surface area (Å²) in [6, 6.07) is 8.09. The molecule has 0 atom stereocenters. The van der Waals surface area contributed by atoms with Crippen molar-refractivity contribution in [1.29, 1.82) is 0 Å². The molecule has 1 aromatic rings. The summed E-state index contributed by atoms with van der Waals surface area (Å²) in [6.07, 6.45) is 3.18. The van der Waals surface area contributed by atoms with Crippen molar-refractivity contribution in [2.75, 3.05) is 13.2 Å². The average Bonchev–Trinajstić information content (AvgIpc) is 3.14. The van der Waals surface area contributed by atoms with E-state index in [0.29, 0.717) is 13.0 Å². The van der Waals surface area contributed by atoms with Crippen molar-refractivity contribution in [3.8, 4) is 11.8 Å². The number of benzene rings is 1. The maximum absolute atomic E-state index is 8.65. The van der Waals surface area contributed by atoms with Gasteiger partial charge in [-0.05, 0) is 36.5 Å². The normalized spacial score (nSPS) is 14.2. The Morgan fingerprint density at radius 3 is 3.00 bits per heavy atom. The molecule has 0 radical (unpaired) electrons. The summed E-state index contributed by atoms with van der Waals surface area (Å²) in [5, 5.41) is 8.65. The molecule has 0 bridgehead atoms. The van der Waals surface area contributed by atoms with Crippen LogP contribution in [0.5, 0.6) is 0 Å². The largest absolute Gasteiger partial charge is 0.395 e. The van der Waals surface area contributed by atoms with Crippen LogP contribution < -0.4 is 0 Å². The van der Waals surface area contributed by atoms with E-state index >= 15 is 0 Å². The van der Waals surface area contributed by atoms with Crippen molar-refractivity contribution in [3.05, 3.63) is 35.4 Å². The predicted octanol–water partition coefficient (Wildman–Crippen LogP) is 2.35. The minimum absolute atomic E-state index is 0.122. The van der Waals surface area contributed by atoms with Crippen LogP contribution in [0, 0.1) is 17.8 Å². The first-order valence-corrected chi connectivity index (χ1v) is 6.15. The summed E-state index contributed by atoms with van der Waals surface area (Å²) in [5.74, 6) is 6.76. The third-order valence-corrected chi connectivity index (χ3v) is 2.72.